The quantitative estimate of drug-likeness (QED) is 0.631. The number of rotatable bonds is 6. The summed E-state index contributed by atoms with van der Waals surface area (Å²) >= 11 is 0. The van der Waals surface area contributed by atoms with E-state index in [1.807, 2.05) is 36.4 Å². The van der Waals surface area contributed by atoms with Crippen molar-refractivity contribution in [2.24, 2.45) is 0 Å². The van der Waals surface area contributed by atoms with E-state index in [9.17, 15) is 14.4 Å². The Labute approximate surface area is 168 Å². The Hall–Kier alpha value is -3.67. The van der Waals surface area contributed by atoms with Crippen LogP contribution in [0.1, 0.15) is 24.2 Å². The lowest BCUT2D eigenvalue weighted by molar-refractivity contribution is -0.154. The maximum absolute atomic E-state index is 12.4. The van der Waals surface area contributed by atoms with Crippen LogP contribution in [-0.2, 0) is 14.3 Å². The summed E-state index contributed by atoms with van der Waals surface area (Å²) < 4.78 is 5.20. The van der Waals surface area contributed by atoms with Crippen molar-refractivity contribution in [3.63, 3.8) is 0 Å². The molecule has 0 spiro atoms. The first-order valence-corrected chi connectivity index (χ1v) is 9.30. The summed E-state index contributed by atoms with van der Waals surface area (Å²) in [5.74, 6) is -1.52. The van der Waals surface area contributed by atoms with Gasteiger partial charge in [0.15, 0.2) is 6.10 Å². The minimum atomic E-state index is -1.01. The van der Waals surface area contributed by atoms with Crippen molar-refractivity contribution < 1.29 is 19.1 Å². The van der Waals surface area contributed by atoms with Crippen LogP contribution in [-0.4, -0.2) is 29.9 Å². The zero-order valence-electron chi connectivity index (χ0n) is 16.2. The van der Waals surface area contributed by atoms with Gasteiger partial charge in [0.05, 0.1) is 0 Å². The van der Waals surface area contributed by atoms with E-state index in [0.717, 1.165) is 10.8 Å². The third-order valence-electron chi connectivity index (χ3n) is 4.42. The van der Waals surface area contributed by atoms with E-state index in [4.69, 9.17) is 4.74 Å². The summed E-state index contributed by atoms with van der Waals surface area (Å²) in [6.45, 7) is 3.00. The number of nitrogens with one attached hydrogen (secondary N) is 2. The first-order valence-electron chi connectivity index (χ1n) is 9.30. The van der Waals surface area contributed by atoms with E-state index in [1.165, 1.54) is 13.8 Å². The molecule has 0 radical (unpaired) electrons. The highest BCUT2D eigenvalue weighted by Gasteiger charge is 2.23. The number of esters is 1. The molecule has 0 fully saturated rings. The van der Waals surface area contributed by atoms with Crippen LogP contribution >= 0.6 is 0 Å². The van der Waals surface area contributed by atoms with Crippen molar-refractivity contribution in [3.05, 3.63) is 78.4 Å². The van der Waals surface area contributed by atoms with E-state index < -0.39 is 24.0 Å². The van der Waals surface area contributed by atoms with E-state index in [2.05, 4.69) is 10.6 Å². The van der Waals surface area contributed by atoms with Gasteiger partial charge in [-0.1, -0.05) is 48.5 Å². The molecule has 3 rings (SSSR count). The Morgan fingerprint density at radius 2 is 1.48 bits per heavy atom. The standard InChI is InChI=1S/C23H22N2O4/c1-15(24-22(27)18-9-4-3-5-10-18)23(28)29-16(2)21(26)25-20-13-12-17-8-6-7-11-19(17)14-20/h3-16H,1-2H3,(H,24,27)(H,25,26)/t15-,16-/m0/s1. The molecule has 0 aliphatic carbocycles. The lowest BCUT2D eigenvalue weighted by Crippen LogP contribution is -2.42. The van der Waals surface area contributed by atoms with Crippen molar-refractivity contribution in [3.8, 4) is 0 Å². The monoisotopic (exact) mass is 390 g/mol. The van der Waals surface area contributed by atoms with Gasteiger partial charge in [0.25, 0.3) is 11.8 Å². The molecular weight excluding hydrogens is 368 g/mol. The van der Waals surface area contributed by atoms with E-state index in [-0.39, 0.29) is 5.91 Å². The third-order valence-corrected chi connectivity index (χ3v) is 4.42. The second-order valence-corrected chi connectivity index (χ2v) is 6.69. The van der Waals surface area contributed by atoms with Gasteiger partial charge in [0.2, 0.25) is 0 Å². The zero-order chi connectivity index (χ0) is 20.8. The van der Waals surface area contributed by atoms with E-state index in [0.29, 0.717) is 11.3 Å². The lowest BCUT2D eigenvalue weighted by Gasteiger charge is -2.17. The van der Waals surface area contributed by atoms with Gasteiger partial charge in [0, 0.05) is 11.3 Å². The number of carbonyl (C=O) groups is 3. The lowest BCUT2D eigenvalue weighted by atomic mass is 10.1. The van der Waals surface area contributed by atoms with Gasteiger partial charge in [0.1, 0.15) is 6.04 Å². The Bertz CT molecular complexity index is 1030. The molecule has 0 unspecified atom stereocenters. The molecule has 0 aliphatic heterocycles. The fourth-order valence-corrected chi connectivity index (χ4v) is 2.77. The maximum Gasteiger partial charge on any atom is 0.329 e. The summed E-state index contributed by atoms with van der Waals surface area (Å²) in [4.78, 5) is 36.7. The highest BCUT2D eigenvalue weighted by atomic mass is 16.5. The first-order chi connectivity index (χ1) is 13.9. The molecule has 29 heavy (non-hydrogen) atoms. The normalized spacial score (nSPS) is 12.6. The van der Waals surface area contributed by atoms with Crippen LogP contribution in [0, 0.1) is 0 Å². The number of fused-ring (bicyclic) bond motifs is 1. The number of anilines is 1. The van der Waals surface area contributed by atoms with Gasteiger partial charge in [-0.25, -0.2) is 4.79 Å². The SMILES string of the molecule is C[C@H](NC(=O)c1ccccc1)C(=O)O[C@@H](C)C(=O)Nc1ccc2ccccc2c1. The molecule has 2 atom stereocenters. The number of benzene rings is 3. The Morgan fingerprint density at radius 1 is 0.828 bits per heavy atom. The molecule has 6 nitrogen and oxygen atoms in total. The molecule has 148 valence electrons. The highest BCUT2D eigenvalue weighted by Crippen LogP contribution is 2.19. The van der Waals surface area contributed by atoms with Gasteiger partial charge in [-0.2, -0.15) is 0 Å². The summed E-state index contributed by atoms with van der Waals surface area (Å²) in [5, 5.41) is 7.36. The van der Waals surface area contributed by atoms with Gasteiger partial charge in [-0.3, -0.25) is 9.59 Å². The van der Waals surface area contributed by atoms with Crippen molar-refractivity contribution in [2.75, 3.05) is 5.32 Å². The number of hydrogen-bond acceptors (Lipinski definition) is 4. The van der Waals surface area contributed by atoms with Gasteiger partial charge < -0.3 is 15.4 Å². The van der Waals surface area contributed by atoms with Crippen molar-refractivity contribution in [1.82, 2.24) is 5.32 Å². The minimum absolute atomic E-state index is 0.386. The van der Waals surface area contributed by atoms with Crippen molar-refractivity contribution >= 4 is 34.2 Å². The Morgan fingerprint density at radius 3 is 2.21 bits per heavy atom. The molecule has 3 aromatic carbocycles. The zero-order valence-corrected chi connectivity index (χ0v) is 16.2. The topological polar surface area (TPSA) is 84.5 Å². The third kappa shape index (κ3) is 5.19. The molecule has 0 aliphatic rings. The molecule has 0 aromatic heterocycles. The van der Waals surface area contributed by atoms with Crippen LogP contribution in [0.2, 0.25) is 0 Å². The van der Waals surface area contributed by atoms with Gasteiger partial charge in [-0.15, -0.1) is 0 Å². The summed E-state index contributed by atoms with van der Waals surface area (Å²) in [7, 11) is 0. The second-order valence-electron chi connectivity index (χ2n) is 6.69. The predicted molar refractivity (Wildman–Crippen MR) is 112 cm³/mol. The summed E-state index contributed by atoms with van der Waals surface area (Å²) in [6, 6.07) is 21.0. The van der Waals surface area contributed by atoms with Gasteiger partial charge in [-0.05, 0) is 48.9 Å². The molecule has 3 aromatic rings. The molecule has 0 saturated carbocycles. The number of carbonyl (C=O) groups excluding carboxylic acids is 3. The number of hydrogen-bond donors (Lipinski definition) is 2. The fourth-order valence-electron chi connectivity index (χ4n) is 2.77. The minimum Gasteiger partial charge on any atom is -0.451 e. The molecule has 2 N–H and O–H groups in total. The Balaban J connectivity index is 1.55. The van der Waals surface area contributed by atoms with Crippen LogP contribution < -0.4 is 10.6 Å². The number of ether oxygens (including phenoxy) is 1. The predicted octanol–water partition coefficient (Wildman–Crippen LogP) is 3.53. The summed E-state index contributed by atoms with van der Waals surface area (Å²) in [6.07, 6.45) is -1.01. The van der Waals surface area contributed by atoms with Crippen molar-refractivity contribution in [1.29, 1.82) is 0 Å². The smallest absolute Gasteiger partial charge is 0.329 e. The van der Waals surface area contributed by atoms with Crippen LogP contribution in [0.15, 0.2) is 72.8 Å². The fraction of sp³-hybridized carbons (Fsp3) is 0.174. The molecule has 2 amide bonds. The molecule has 0 heterocycles. The van der Waals surface area contributed by atoms with Crippen LogP contribution in [0.4, 0.5) is 5.69 Å². The van der Waals surface area contributed by atoms with E-state index >= 15 is 0 Å². The molecule has 6 heteroatoms. The van der Waals surface area contributed by atoms with Crippen LogP contribution in [0.3, 0.4) is 0 Å². The maximum atomic E-state index is 12.4. The second kappa shape index (κ2) is 9.01. The molecule has 0 saturated heterocycles. The van der Waals surface area contributed by atoms with Crippen LogP contribution in [0.25, 0.3) is 10.8 Å². The Kier molecular flexibility index (Phi) is 6.24. The highest BCUT2D eigenvalue weighted by molar-refractivity contribution is 5.99. The first kappa shape index (κ1) is 20.1. The van der Waals surface area contributed by atoms with Gasteiger partial charge >= 0.3 is 5.97 Å². The van der Waals surface area contributed by atoms with E-state index in [1.54, 1.807) is 36.4 Å². The summed E-state index contributed by atoms with van der Waals surface area (Å²) in [5.41, 5.74) is 1.05. The molecule has 0 bridgehead atoms. The molecular formula is C23H22N2O4. The average Bonchev–Trinajstić information content (AvgIpc) is 2.74. The van der Waals surface area contributed by atoms with Crippen molar-refractivity contribution in [2.45, 2.75) is 26.0 Å². The number of amides is 2. The van der Waals surface area contributed by atoms with Crippen LogP contribution in [0.5, 0.6) is 0 Å². The average molecular weight is 390 g/mol. The largest absolute Gasteiger partial charge is 0.451 e.